The maximum Gasteiger partial charge on any atom is 0.389 e. The summed E-state index contributed by atoms with van der Waals surface area (Å²) in [6.07, 6.45) is -2.05. The zero-order valence-corrected chi connectivity index (χ0v) is 9.74. The van der Waals surface area contributed by atoms with Gasteiger partial charge in [0.25, 0.3) is 0 Å². The third-order valence-electron chi connectivity index (χ3n) is 2.10. The summed E-state index contributed by atoms with van der Waals surface area (Å²) in [4.78, 5) is 0. The quantitative estimate of drug-likeness (QED) is 0.498. The van der Waals surface area contributed by atoms with Crippen LogP contribution in [-0.4, -0.2) is 24.9 Å². The highest BCUT2D eigenvalue weighted by Crippen LogP contribution is 2.23. The molecule has 0 aromatic rings. The second-order valence-corrected chi connectivity index (χ2v) is 5.27. The number of alkyl halides is 3. The van der Waals surface area contributed by atoms with Crippen LogP contribution in [0.2, 0.25) is 0 Å². The van der Waals surface area contributed by atoms with Gasteiger partial charge in [-0.2, -0.15) is 13.2 Å². The van der Waals surface area contributed by atoms with Crippen LogP contribution in [0.3, 0.4) is 0 Å². The van der Waals surface area contributed by atoms with Crippen molar-refractivity contribution in [2.75, 3.05) is 5.75 Å². The topological polar surface area (TPSA) is 57.2 Å². The monoisotopic (exact) mass is 261 g/mol. The Morgan fingerprint density at radius 3 is 1.75 bits per heavy atom. The molecule has 0 aliphatic carbocycles. The SMILES string of the molecule is O=S(=O)([O-])CCCCCCCCC(F)(F)F. The van der Waals surface area contributed by atoms with Crippen LogP contribution in [0.25, 0.3) is 0 Å². The van der Waals surface area contributed by atoms with E-state index in [0.717, 1.165) is 0 Å². The Morgan fingerprint density at radius 2 is 1.31 bits per heavy atom. The first-order chi connectivity index (χ1) is 7.21. The Bertz CT molecular complexity index is 272. The van der Waals surface area contributed by atoms with Crippen LogP contribution in [0.1, 0.15) is 44.9 Å². The second kappa shape index (κ2) is 7.11. The minimum Gasteiger partial charge on any atom is -0.748 e. The zero-order valence-electron chi connectivity index (χ0n) is 8.92. The molecule has 0 aliphatic rings. The Hall–Kier alpha value is -0.300. The van der Waals surface area contributed by atoms with Crippen LogP contribution in [0, 0.1) is 0 Å². The van der Waals surface area contributed by atoms with E-state index in [-0.39, 0.29) is 12.2 Å². The molecule has 0 N–H and O–H groups in total. The molecule has 16 heavy (non-hydrogen) atoms. The standard InChI is InChI=1S/C9H17F3O3S/c10-9(11,12)7-5-3-1-2-4-6-8-16(13,14)15/h1-8H2,(H,13,14,15)/p-1. The van der Waals surface area contributed by atoms with Crippen LogP contribution in [0.5, 0.6) is 0 Å². The molecule has 0 aliphatic heterocycles. The molecule has 0 spiro atoms. The Balaban J connectivity index is 3.23. The summed E-state index contributed by atoms with van der Waals surface area (Å²) in [5, 5.41) is 0. The summed E-state index contributed by atoms with van der Waals surface area (Å²) >= 11 is 0. The van der Waals surface area contributed by atoms with Crippen LogP contribution < -0.4 is 0 Å². The van der Waals surface area contributed by atoms with Gasteiger partial charge in [0.15, 0.2) is 0 Å². The maximum atomic E-state index is 11.7. The van der Waals surface area contributed by atoms with Gasteiger partial charge in [0.05, 0.1) is 10.1 Å². The lowest BCUT2D eigenvalue weighted by atomic mass is 10.1. The number of hydrogen-bond donors (Lipinski definition) is 0. The van der Waals surface area contributed by atoms with E-state index < -0.39 is 22.7 Å². The van der Waals surface area contributed by atoms with Crippen molar-refractivity contribution in [3.05, 3.63) is 0 Å². The molecule has 0 heterocycles. The van der Waals surface area contributed by atoms with Crippen molar-refractivity contribution in [3.63, 3.8) is 0 Å². The highest BCUT2D eigenvalue weighted by molar-refractivity contribution is 7.85. The van der Waals surface area contributed by atoms with Gasteiger partial charge in [-0.3, -0.25) is 0 Å². The summed E-state index contributed by atoms with van der Waals surface area (Å²) in [5.74, 6) is -0.379. The van der Waals surface area contributed by atoms with Gasteiger partial charge in [0.2, 0.25) is 0 Å². The average molecular weight is 261 g/mol. The molecule has 0 bridgehead atoms. The maximum absolute atomic E-state index is 11.7. The van der Waals surface area contributed by atoms with E-state index in [1.165, 1.54) is 0 Å². The van der Waals surface area contributed by atoms with Crippen molar-refractivity contribution >= 4 is 10.1 Å². The Kier molecular flexibility index (Phi) is 6.98. The Morgan fingerprint density at radius 1 is 0.875 bits per heavy atom. The molecule has 0 unspecified atom stereocenters. The van der Waals surface area contributed by atoms with Gasteiger partial charge < -0.3 is 4.55 Å². The van der Waals surface area contributed by atoms with Crippen molar-refractivity contribution < 1.29 is 26.1 Å². The Labute approximate surface area is 93.8 Å². The van der Waals surface area contributed by atoms with Gasteiger partial charge in [-0.25, -0.2) is 8.42 Å². The van der Waals surface area contributed by atoms with Crippen LogP contribution in [0.15, 0.2) is 0 Å². The highest BCUT2D eigenvalue weighted by atomic mass is 32.2. The molecular formula is C9H16F3O3S-. The first kappa shape index (κ1) is 15.7. The summed E-state index contributed by atoms with van der Waals surface area (Å²) < 4.78 is 65.7. The fraction of sp³-hybridized carbons (Fsp3) is 1.00. The smallest absolute Gasteiger partial charge is 0.389 e. The van der Waals surface area contributed by atoms with E-state index in [1.807, 2.05) is 0 Å². The van der Waals surface area contributed by atoms with E-state index in [9.17, 15) is 26.1 Å². The first-order valence-electron chi connectivity index (χ1n) is 5.21. The molecule has 0 amide bonds. The van der Waals surface area contributed by atoms with E-state index in [4.69, 9.17) is 0 Å². The number of halogens is 3. The molecule has 0 radical (unpaired) electrons. The molecular weight excluding hydrogens is 245 g/mol. The van der Waals surface area contributed by atoms with Gasteiger partial charge >= 0.3 is 6.18 Å². The van der Waals surface area contributed by atoms with Gasteiger partial charge in [-0.15, -0.1) is 0 Å². The van der Waals surface area contributed by atoms with Crippen molar-refractivity contribution in [2.24, 2.45) is 0 Å². The molecule has 0 saturated carbocycles. The van der Waals surface area contributed by atoms with Crippen molar-refractivity contribution in [3.8, 4) is 0 Å². The largest absolute Gasteiger partial charge is 0.748 e. The molecule has 0 fully saturated rings. The highest BCUT2D eigenvalue weighted by Gasteiger charge is 2.25. The van der Waals surface area contributed by atoms with Gasteiger partial charge in [-0.1, -0.05) is 25.7 Å². The van der Waals surface area contributed by atoms with Gasteiger partial charge in [0, 0.05) is 12.2 Å². The first-order valence-corrected chi connectivity index (χ1v) is 6.79. The minimum absolute atomic E-state index is 0.114. The lowest BCUT2D eigenvalue weighted by Crippen LogP contribution is -2.06. The van der Waals surface area contributed by atoms with E-state index in [2.05, 4.69) is 0 Å². The molecule has 3 nitrogen and oxygen atoms in total. The number of rotatable bonds is 8. The molecule has 0 atom stereocenters. The third-order valence-corrected chi connectivity index (χ3v) is 2.89. The summed E-state index contributed by atoms with van der Waals surface area (Å²) in [7, 11) is -4.14. The van der Waals surface area contributed by atoms with Crippen molar-refractivity contribution in [2.45, 2.75) is 51.1 Å². The summed E-state index contributed by atoms with van der Waals surface area (Å²) in [6, 6.07) is 0. The fourth-order valence-electron chi connectivity index (χ4n) is 1.31. The average Bonchev–Trinajstić information content (AvgIpc) is 2.06. The summed E-state index contributed by atoms with van der Waals surface area (Å²) in [5.41, 5.74) is 0. The second-order valence-electron chi connectivity index (χ2n) is 3.75. The zero-order chi connectivity index (χ0) is 12.7. The molecule has 0 aromatic carbocycles. The predicted octanol–water partition coefficient (Wildman–Crippen LogP) is 2.82. The molecule has 0 saturated heterocycles. The van der Waals surface area contributed by atoms with Crippen molar-refractivity contribution in [1.82, 2.24) is 0 Å². The lowest BCUT2D eigenvalue weighted by Gasteiger charge is -2.07. The summed E-state index contributed by atoms with van der Waals surface area (Å²) in [6.45, 7) is 0. The van der Waals surface area contributed by atoms with Crippen LogP contribution in [0.4, 0.5) is 13.2 Å². The fourth-order valence-corrected chi connectivity index (χ4v) is 1.87. The molecule has 98 valence electrons. The third kappa shape index (κ3) is 13.7. The lowest BCUT2D eigenvalue weighted by molar-refractivity contribution is -0.135. The minimum atomic E-state index is -4.14. The number of unbranched alkanes of at least 4 members (excludes halogenated alkanes) is 5. The van der Waals surface area contributed by atoms with Crippen LogP contribution >= 0.6 is 0 Å². The van der Waals surface area contributed by atoms with Gasteiger partial charge in [0.1, 0.15) is 0 Å². The normalized spacial score (nSPS) is 13.0. The van der Waals surface area contributed by atoms with Crippen molar-refractivity contribution in [1.29, 1.82) is 0 Å². The van der Waals surface area contributed by atoms with E-state index in [0.29, 0.717) is 32.1 Å². The molecule has 0 aromatic heterocycles. The predicted molar refractivity (Wildman–Crippen MR) is 52.9 cm³/mol. The van der Waals surface area contributed by atoms with Crippen LogP contribution in [-0.2, 0) is 10.1 Å². The van der Waals surface area contributed by atoms with E-state index in [1.54, 1.807) is 0 Å². The molecule has 0 rings (SSSR count). The van der Waals surface area contributed by atoms with E-state index >= 15 is 0 Å². The van der Waals surface area contributed by atoms with Gasteiger partial charge in [-0.05, 0) is 12.8 Å². The molecule has 7 heteroatoms. The number of hydrogen-bond acceptors (Lipinski definition) is 3.